The Kier molecular flexibility index (Phi) is 38.6. The van der Waals surface area contributed by atoms with Crippen molar-refractivity contribution < 1.29 is 103 Å². The Morgan fingerprint density at radius 2 is 0.713 bits per heavy atom. The molecule has 136 heavy (non-hydrogen) atoms. The summed E-state index contributed by atoms with van der Waals surface area (Å²) in [6.45, 7) is 34.2. The molecule has 0 spiro atoms. The van der Waals surface area contributed by atoms with E-state index in [4.69, 9.17) is 18.9 Å². The van der Waals surface area contributed by atoms with Gasteiger partial charge in [0.25, 0.3) is 11.8 Å². The van der Waals surface area contributed by atoms with Crippen LogP contribution >= 0.6 is 0 Å². The minimum Gasteiger partial charge on any atom is -0.450 e. The third-order valence-electron chi connectivity index (χ3n) is 28.7. The van der Waals surface area contributed by atoms with Crippen LogP contribution in [0.25, 0.3) is 0 Å². The fraction of sp³-hybridized carbons (Fsp3) is 0.743. The summed E-state index contributed by atoms with van der Waals surface area (Å²) in [7, 11) is -7.83. The van der Waals surface area contributed by atoms with E-state index in [1.807, 2.05) is 27.7 Å². The predicted octanol–water partition coefficient (Wildman–Crippen LogP) is 12.7. The van der Waals surface area contributed by atoms with Crippen molar-refractivity contribution in [1.82, 2.24) is 57.2 Å². The van der Waals surface area contributed by atoms with Crippen molar-refractivity contribution in [3.8, 4) is 0 Å². The van der Waals surface area contributed by atoms with Gasteiger partial charge in [-0.15, -0.1) is 0 Å². The molecule has 2 aromatic carbocycles. The molecule has 8 N–H and O–H groups in total. The zero-order valence-corrected chi connectivity index (χ0v) is 85.5. The van der Waals surface area contributed by atoms with Gasteiger partial charge in [-0.25, -0.2) is 31.2 Å². The molecule has 9 aliphatic rings. The van der Waals surface area contributed by atoms with Crippen molar-refractivity contribution in [2.75, 3.05) is 31.4 Å². The van der Waals surface area contributed by atoms with Crippen LogP contribution in [-0.2, 0) is 91.4 Å². The molecule has 6 heterocycles. The topological polar surface area (TPSA) is 450 Å². The summed E-state index contributed by atoms with van der Waals surface area (Å²) in [6.07, 6.45) is 21.7. The quantitative estimate of drug-likeness (QED) is 0.0355. The fourth-order valence-corrected chi connectivity index (χ4v) is 22.9. The predicted molar refractivity (Wildman–Crippen MR) is 512 cm³/mol. The second kappa shape index (κ2) is 47.6. The minimum atomic E-state index is -3.92. The number of piperidine rings is 3. The number of hydrogen-bond acceptors (Lipinski definition) is 22. The van der Waals surface area contributed by atoms with Gasteiger partial charge in [-0.2, -0.15) is 0 Å². The number of rotatable bonds is 15. The highest BCUT2D eigenvalue weighted by Gasteiger charge is 2.72. The number of nitrogens with zero attached hydrogens (tertiary/aromatic N) is 3. The molecular formula is C101H157N11O22S2. The standard InChI is InChI=1S/C38H58N4O9S.C36H54N4O8S.C27H45N3O5/c1-24-18-20-26(21-19-24)52(48,49)23-39-34(45)32(50-25(2)43)28-16-14-12-10-8-9-11-13-15-17-29(41-36(47)51-37(3,4)5)35(46)42-22-27-30(38(27,6)7)31(42)33(44)40-28;1-23-17-19-24(20-18-23)49(46,47)22-37-32(43)30(41)26-15-13-11-9-7-8-10-12-14-16-27(39-34(45)48-35(2,3)4)33(44)40-21-25-28(36(25,5)6)29(40)31(42)38-26;1-26(2,3)35-25(34)29-20-15-13-11-9-7-6-8-10-12-14-18(17-31)28-23(32)22-21-19(27(21,4)5)16-30(22)24(20)33/h18-21,27-32H,8-17,22-23H2,1-7H3,(H,39,45)(H,40,44)(H,41,47);17-20,25-29H,7-16,21-22H2,1-6H3,(H,37,43)(H,38,42)(H,39,45);17-22H,6-16H2,1-5H3,(H,28,32)(H,29,34)/t27?,28-,29-,30-,31?,32?;25?,26-,27-,28-,29?;18-,19?,20-,21-,22?/m000/s1. The van der Waals surface area contributed by atoms with Gasteiger partial charge in [0.05, 0.1) is 27.9 Å². The molecule has 6 aliphatic heterocycles. The SMILES string of the molecule is CC(=O)OC(C(=O)NCS(=O)(=O)c1ccc(C)cc1)[C@@H]1CCCCCCCCCC[C@H](NC(=O)OC(C)(C)C)C(=O)N2CC3[C@@H](C2C(=O)N1)C3(C)C.CC(C)(C)OC(=O)N[C@H]1CCCCCCCCCC[C@@H](C=O)NC(=O)C2[C@@H]3C(CN2C1=O)C3(C)C.Cc1ccc(S(=O)(=O)CNC(=O)C(=O)[C@@H]2CCCCCCCCCC[C@H](NC(=O)OC(C)(C)C)C(=O)N3CC4[C@@H](C3C(=O)N2)C4(C)C)cc1. The number of sulfone groups is 2. The lowest BCUT2D eigenvalue weighted by atomic mass is 9.97. The number of hydrogen-bond donors (Lipinski definition) is 8. The molecule has 16 atom stereocenters. The van der Waals surface area contributed by atoms with Gasteiger partial charge in [0.1, 0.15) is 71.1 Å². The van der Waals surface area contributed by atoms with Crippen LogP contribution in [0.1, 0.15) is 315 Å². The molecule has 3 saturated carbocycles. The number of alkyl carbamates (subject to hydrolysis) is 3. The van der Waals surface area contributed by atoms with E-state index < -0.39 is 162 Å². The number of aldehydes is 1. The third kappa shape index (κ3) is 30.9. The summed E-state index contributed by atoms with van der Waals surface area (Å²) < 4.78 is 73.7. The van der Waals surface area contributed by atoms with Gasteiger partial charge < -0.3 is 81.0 Å². The lowest BCUT2D eigenvalue weighted by Gasteiger charge is -2.35. The lowest BCUT2D eigenvalue weighted by Crippen LogP contribution is -2.59. The molecule has 9 fully saturated rings. The zero-order chi connectivity index (χ0) is 100. The number of fused-ring (bicyclic) bond motifs is 9. The van der Waals surface area contributed by atoms with Gasteiger partial charge in [0.15, 0.2) is 25.8 Å². The largest absolute Gasteiger partial charge is 0.450 e. The number of amides is 11. The van der Waals surface area contributed by atoms with Crippen LogP contribution in [0.2, 0.25) is 0 Å². The molecule has 35 heteroatoms. The van der Waals surface area contributed by atoms with E-state index in [1.165, 1.54) is 29.2 Å². The Labute approximate surface area is 806 Å². The van der Waals surface area contributed by atoms with Gasteiger partial charge in [-0.3, -0.25) is 47.9 Å². The Bertz CT molecular complexity index is 4770. The molecule has 0 radical (unpaired) electrons. The second-order valence-corrected chi connectivity index (χ2v) is 48.0. The Hall–Kier alpha value is -9.28. The smallest absolute Gasteiger partial charge is 0.408 e. The highest BCUT2D eigenvalue weighted by molar-refractivity contribution is 7.91. The van der Waals surface area contributed by atoms with Crippen LogP contribution in [0.4, 0.5) is 14.4 Å². The molecule has 33 nitrogen and oxygen atoms in total. The van der Waals surface area contributed by atoms with E-state index in [-0.39, 0.29) is 98.0 Å². The monoisotopic (exact) mass is 1940 g/mol. The third-order valence-corrected chi connectivity index (χ3v) is 31.7. The van der Waals surface area contributed by atoms with Crippen molar-refractivity contribution in [3.63, 3.8) is 0 Å². The van der Waals surface area contributed by atoms with E-state index in [9.17, 15) is 84.0 Å². The summed E-state index contributed by atoms with van der Waals surface area (Å²) in [5, 5.41) is 21.7. The van der Waals surface area contributed by atoms with Crippen molar-refractivity contribution in [2.45, 2.75) is 404 Å². The molecule has 0 aromatic heterocycles. The van der Waals surface area contributed by atoms with Crippen molar-refractivity contribution in [3.05, 3.63) is 59.7 Å². The van der Waals surface area contributed by atoms with E-state index in [1.54, 1.807) is 96.4 Å². The number of ketones is 1. The summed E-state index contributed by atoms with van der Waals surface area (Å²) in [6, 6.07) is 4.75. The van der Waals surface area contributed by atoms with Crippen LogP contribution < -0.4 is 42.5 Å². The summed E-state index contributed by atoms with van der Waals surface area (Å²) in [5.41, 5.74) is -0.908. The minimum absolute atomic E-state index is 0.0201. The average Bonchev–Trinajstić information content (AvgIpc) is 1.53. The number of Topliss-reactive ketones (excluding diaryl/α,β-unsaturated/α-hetero) is 1. The van der Waals surface area contributed by atoms with E-state index in [0.717, 1.165) is 166 Å². The normalized spacial score (nSPS) is 28.1. The summed E-state index contributed by atoms with van der Waals surface area (Å²) in [5.74, 6) is -7.33. The van der Waals surface area contributed by atoms with Crippen LogP contribution in [0.3, 0.4) is 0 Å². The van der Waals surface area contributed by atoms with E-state index in [2.05, 4.69) is 70.2 Å². The molecule has 760 valence electrons. The number of nitrogens with one attached hydrogen (secondary N) is 8. The number of carbonyl (C=O) groups is 14. The molecule has 3 aliphatic carbocycles. The number of aryl methyl sites for hydroxylation is 2. The lowest BCUT2D eigenvalue weighted by molar-refractivity contribution is -0.157. The van der Waals surface area contributed by atoms with Crippen molar-refractivity contribution in [1.29, 1.82) is 0 Å². The maximum atomic E-state index is 14.4. The molecule has 7 unspecified atom stereocenters. The Morgan fingerprint density at radius 3 is 1.04 bits per heavy atom. The van der Waals surface area contributed by atoms with Crippen molar-refractivity contribution in [2.24, 2.45) is 51.8 Å². The van der Waals surface area contributed by atoms with E-state index >= 15 is 0 Å². The van der Waals surface area contributed by atoms with Crippen LogP contribution in [0, 0.1) is 65.6 Å². The molecule has 2 aromatic rings. The van der Waals surface area contributed by atoms with Gasteiger partial charge in [-0.1, -0.05) is 231 Å². The highest BCUT2D eigenvalue weighted by atomic mass is 32.2. The zero-order valence-electron chi connectivity index (χ0n) is 83.8. The fourth-order valence-electron chi connectivity index (χ4n) is 20.8. The molecule has 0 bridgehead atoms. The number of benzene rings is 2. The van der Waals surface area contributed by atoms with Gasteiger partial charge in [0, 0.05) is 26.6 Å². The summed E-state index contributed by atoms with van der Waals surface area (Å²) in [4.78, 5) is 191. The molecule has 6 saturated heterocycles. The highest BCUT2D eigenvalue weighted by Crippen LogP contribution is 2.67. The maximum absolute atomic E-state index is 14.4. The number of ether oxygens (including phenoxy) is 4. The van der Waals surface area contributed by atoms with Crippen LogP contribution in [-0.4, -0.2) is 224 Å². The number of esters is 1. The first-order chi connectivity index (χ1) is 63.7. The Morgan fingerprint density at radius 1 is 0.419 bits per heavy atom. The van der Waals surface area contributed by atoms with Crippen LogP contribution in [0.15, 0.2) is 58.3 Å². The van der Waals surface area contributed by atoms with Gasteiger partial charge in [-0.05, 0) is 191 Å². The molecule has 11 amide bonds. The van der Waals surface area contributed by atoms with E-state index in [0.29, 0.717) is 58.2 Å². The number of carbonyl (C=O) groups excluding carboxylic acids is 14. The first-order valence-corrected chi connectivity index (χ1v) is 53.1. The molecule has 11 rings (SSSR count). The first-order valence-electron chi connectivity index (χ1n) is 49.8. The second-order valence-electron chi connectivity index (χ2n) is 44.0. The molecular weight excluding hydrogens is 1780 g/mol. The maximum Gasteiger partial charge on any atom is 0.408 e. The Balaban J connectivity index is 0.000000233. The summed E-state index contributed by atoms with van der Waals surface area (Å²) >= 11 is 0. The van der Waals surface area contributed by atoms with Crippen molar-refractivity contribution >= 4 is 103 Å². The van der Waals surface area contributed by atoms with Crippen LogP contribution in [0.5, 0.6) is 0 Å². The average molecular weight is 1940 g/mol. The van der Waals surface area contributed by atoms with Gasteiger partial charge in [0.2, 0.25) is 41.2 Å². The van der Waals surface area contributed by atoms with Gasteiger partial charge >= 0.3 is 24.2 Å². The first kappa shape index (κ1) is 110.